The molecule has 0 radical (unpaired) electrons. The monoisotopic (exact) mass is 387 g/mol. The number of imidazole rings is 1. The minimum atomic E-state index is 0.143. The molecule has 4 rings (SSSR count). The van der Waals surface area contributed by atoms with Crippen LogP contribution in [0.25, 0.3) is 11.3 Å². The largest absolute Gasteiger partial charge is 0.330 e. The third kappa shape index (κ3) is 2.84. The summed E-state index contributed by atoms with van der Waals surface area (Å²) in [7, 11) is 0. The highest BCUT2D eigenvalue weighted by molar-refractivity contribution is 9.10. The van der Waals surface area contributed by atoms with Crippen molar-refractivity contribution >= 4 is 33.2 Å². The van der Waals surface area contributed by atoms with Crippen LogP contribution in [0.1, 0.15) is 10.6 Å². The van der Waals surface area contributed by atoms with Gasteiger partial charge < -0.3 is 9.47 Å². The van der Waals surface area contributed by atoms with Gasteiger partial charge in [-0.3, -0.25) is 4.79 Å². The molecule has 6 heteroatoms. The Morgan fingerprint density at radius 1 is 1.22 bits per heavy atom. The average molecular weight is 388 g/mol. The molecule has 1 aliphatic rings. The summed E-state index contributed by atoms with van der Waals surface area (Å²) in [6.07, 6.45) is 1.77. The quantitative estimate of drug-likeness (QED) is 0.682. The molecule has 0 atom stereocenters. The second-order valence-electron chi connectivity index (χ2n) is 5.51. The van der Waals surface area contributed by atoms with Crippen LogP contribution in [0.4, 0.5) is 0 Å². The van der Waals surface area contributed by atoms with E-state index in [2.05, 4.69) is 33.0 Å². The predicted octanol–water partition coefficient (Wildman–Crippen LogP) is 3.92. The molecule has 23 heavy (non-hydrogen) atoms. The first-order chi connectivity index (χ1) is 11.2. The molecular weight excluding hydrogens is 374 g/mol. The Labute approximate surface area is 146 Å². The Morgan fingerprint density at radius 2 is 2.13 bits per heavy atom. The third-order valence-electron chi connectivity index (χ3n) is 3.97. The zero-order valence-corrected chi connectivity index (χ0v) is 14.7. The predicted molar refractivity (Wildman–Crippen MR) is 93.9 cm³/mol. The second kappa shape index (κ2) is 5.94. The van der Waals surface area contributed by atoms with Crippen LogP contribution in [-0.4, -0.2) is 20.4 Å². The van der Waals surface area contributed by atoms with Crippen LogP contribution < -0.4 is 0 Å². The van der Waals surface area contributed by atoms with Crippen LogP contribution in [0.3, 0.4) is 0 Å². The highest BCUT2D eigenvalue weighted by atomic mass is 79.9. The maximum absolute atomic E-state index is 12.4. The van der Waals surface area contributed by atoms with E-state index in [1.54, 1.807) is 17.7 Å². The fourth-order valence-electron chi connectivity index (χ4n) is 2.84. The van der Waals surface area contributed by atoms with Gasteiger partial charge in [-0.05, 0) is 23.6 Å². The van der Waals surface area contributed by atoms with Crippen molar-refractivity contribution in [1.82, 2.24) is 14.5 Å². The van der Waals surface area contributed by atoms with Gasteiger partial charge in [0.1, 0.15) is 6.54 Å². The summed E-state index contributed by atoms with van der Waals surface area (Å²) in [4.78, 5) is 20.0. The number of carbonyl (C=O) groups excluding carboxylic acids is 1. The first-order valence-electron chi connectivity index (χ1n) is 7.31. The van der Waals surface area contributed by atoms with E-state index >= 15 is 0 Å². The minimum absolute atomic E-state index is 0.143. The van der Waals surface area contributed by atoms with Crippen LogP contribution in [0.5, 0.6) is 0 Å². The number of aromatic nitrogens is 2. The molecule has 1 aromatic carbocycles. The molecule has 0 unspecified atom stereocenters. The molecular formula is C17H14BrN3OS. The van der Waals surface area contributed by atoms with Gasteiger partial charge in [0.05, 0.1) is 30.8 Å². The van der Waals surface area contributed by atoms with Crippen LogP contribution in [0.15, 0.2) is 52.6 Å². The maximum atomic E-state index is 12.4. The smallest absolute Gasteiger partial charge is 0.243 e. The zero-order chi connectivity index (χ0) is 15.8. The molecule has 0 spiro atoms. The van der Waals surface area contributed by atoms with Gasteiger partial charge in [0, 0.05) is 14.9 Å². The van der Waals surface area contributed by atoms with E-state index in [1.165, 1.54) is 4.88 Å². The molecule has 1 amide bonds. The molecule has 4 nitrogen and oxygen atoms in total. The first kappa shape index (κ1) is 14.7. The highest BCUT2D eigenvalue weighted by Gasteiger charge is 2.26. The number of nitrogens with zero attached hydrogens (tertiary/aromatic N) is 3. The summed E-state index contributed by atoms with van der Waals surface area (Å²) in [5.41, 5.74) is 3.12. The van der Waals surface area contributed by atoms with Gasteiger partial charge >= 0.3 is 0 Å². The minimum Gasteiger partial charge on any atom is -0.330 e. The zero-order valence-electron chi connectivity index (χ0n) is 12.3. The van der Waals surface area contributed by atoms with E-state index in [-0.39, 0.29) is 5.91 Å². The van der Waals surface area contributed by atoms with Gasteiger partial charge in [0.25, 0.3) is 0 Å². The lowest BCUT2D eigenvalue weighted by molar-refractivity contribution is -0.134. The lowest BCUT2D eigenvalue weighted by Gasteiger charge is -2.28. The number of hydrogen-bond acceptors (Lipinski definition) is 3. The van der Waals surface area contributed by atoms with Crippen molar-refractivity contribution < 1.29 is 4.79 Å². The van der Waals surface area contributed by atoms with Gasteiger partial charge in [-0.2, -0.15) is 0 Å². The van der Waals surface area contributed by atoms with Crippen LogP contribution in [0.2, 0.25) is 0 Å². The number of carbonyl (C=O) groups is 1. The van der Waals surface area contributed by atoms with Crippen molar-refractivity contribution in [2.75, 3.05) is 0 Å². The second-order valence-corrected chi connectivity index (χ2v) is 7.46. The molecule has 3 heterocycles. The summed E-state index contributed by atoms with van der Waals surface area (Å²) in [5.74, 6) is 0.143. The van der Waals surface area contributed by atoms with Gasteiger partial charge in [-0.25, -0.2) is 4.98 Å². The number of halogens is 1. The summed E-state index contributed by atoms with van der Waals surface area (Å²) in [6, 6.07) is 12.2. The third-order valence-corrected chi connectivity index (χ3v) is 5.32. The lowest BCUT2D eigenvalue weighted by Crippen LogP contribution is -2.38. The van der Waals surface area contributed by atoms with Crippen LogP contribution in [0, 0.1) is 0 Å². The van der Waals surface area contributed by atoms with Crippen molar-refractivity contribution in [1.29, 1.82) is 0 Å². The number of benzene rings is 1. The van der Waals surface area contributed by atoms with Gasteiger partial charge in [-0.15, -0.1) is 11.3 Å². The number of thiophene rings is 1. The molecule has 0 N–H and O–H groups in total. The Morgan fingerprint density at radius 3 is 2.91 bits per heavy atom. The number of hydrogen-bond donors (Lipinski definition) is 0. The first-order valence-corrected chi connectivity index (χ1v) is 8.98. The highest BCUT2D eigenvalue weighted by Crippen LogP contribution is 2.29. The van der Waals surface area contributed by atoms with E-state index in [0.717, 1.165) is 21.4 Å². The lowest BCUT2D eigenvalue weighted by atomic mass is 10.1. The fraction of sp³-hybridized carbons (Fsp3) is 0.176. The Hall–Kier alpha value is -1.92. The van der Waals surface area contributed by atoms with Gasteiger partial charge in [0.15, 0.2) is 0 Å². The molecule has 116 valence electrons. The Bertz CT molecular complexity index is 857. The Kier molecular flexibility index (Phi) is 3.79. The molecule has 3 aromatic rings. The number of fused-ring (bicyclic) bond motifs is 1. The van der Waals surface area contributed by atoms with E-state index in [9.17, 15) is 4.79 Å². The van der Waals surface area contributed by atoms with Crippen molar-refractivity contribution in [2.45, 2.75) is 19.6 Å². The van der Waals surface area contributed by atoms with E-state index in [4.69, 9.17) is 0 Å². The van der Waals surface area contributed by atoms with E-state index in [0.29, 0.717) is 19.6 Å². The molecule has 0 bridgehead atoms. The summed E-state index contributed by atoms with van der Waals surface area (Å²) in [5, 5.41) is 2.04. The SMILES string of the molecule is O=C1Cn2cnc(-c3cccc(Br)c3)c2CN1Cc1cccs1. The Balaban J connectivity index is 1.67. The molecule has 0 saturated carbocycles. The van der Waals surface area contributed by atoms with E-state index in [1.807, 2.05) is 39.1 Å². The molecule has 1 aliphatic heterocycles. The summed E-state index contributed by atoms with van der Waals surface area (Å²) in [6.45, 7) is 1.62. The van der Waals surface area contributed by atoms with Gasteiger partial charge in [0.2, 0.25) is 5.91 Å². The van der Waals surface area contributed by atoms with Crippen LogP contribution >= 0.6 is 27.3 Å². The van der Waals surface area contributed by atoms with Crippen molar-refractivity contribution in [3.8, 4) is 11.3 Å². The molecule has 0 saturated heterocycles. The topological polar surface area (TPSA) is 38.1 Å². The van der Waals surface area contributed by atoms with Crippen molar-refractivity contribution in [2.24, 2.45) is 0 Å². The van der Waals surface area contributed by atoms with Gasteiger partial charge in [-0.1, -0.05) is 34.1 Å². The maximum Gasteiger partial charge on any atom is 0.243 e. The average Bonchev–Trinajstić information content (AvgIpc) is 3.17. The van der Waals surface area contributed by atoms with Crippen molar-refractivity contribution in [3.63, 3.8) is 0 Å². The summed E-state index contributed by atoms with van der Waals surface area (Å²) >= 11 is 5.19. The van der Waals surface area contributed by atoms with Crippen molar-refractivity contribution in [3.05, 3.63) is 63.1 Å². The van der Waals surface area contributed by atoms with E-state index < -0.39 is 0 Å². The standard InChI is InChI=1S/C17H14BrN3OS/c18-13-4-1-3-12(7-13)17-15-9-20(8-14-5-2-6-23-14)16(22)10-21(15)11-19-17/h1-7,11H,8-10H2. The number of amides is 1. The normalized spacial score (nSPS) is 14.1. The molecule has 2 aromatic heterocycles. The van der Waals surface area contributed by atoms with Crippen LogP contribution in [-0.2, 0) is 24.4 Å². The fourth-order valence-corrected chi connectivity index (χ4v) is 3.95. The summed E-state index contributed by atoms with van der Waals surface area (Å²) < 4.78 is 2.99. The number of rotatable bonds is 3. The molecule has 0 aliphatic carbocycles. The molecule has 0 fully saturated rings.